The molecule has 0 heterocycles. The minimum atomic E-state index is -0.644. The van der Waals surface area contributed by atoms with Crippen molar-refractivity contribution in [3.05, 3.63) is 46.6 Å². The van der Waals surface area contributed by atoms with E-state index < -0.39 is 10.9 Å². The molecule has 162 valence electrons. The van der Waals surface area contributed by atoms with Gasteiger partial charge in [-0.2, -0.15) is 0 Å². The Balaban J connectivity index is 2.72. The van der Waals surface area contributed by atoms with Crippen molar-refractivity contribution >= 4 is 11.8 Å². The first kappa shape index (κ1) is 24.1. The molecule has 0 saturated carbocycles. The Morgan fingerprint density at radius 1 is 0.897 bits per heavy atom. The lowest BCUT2D eigenvalue weighted by molar-refractivity contribution is 0.104. The molecular weight excluding hydrogens is 376 g/mol. The lowest BCUT2D eigenvalue weighted by Gasteiger charge is -2.50. The van der Waals surface area contributed by atoms with Crippen LogP contribution in [0.3, 0.4) is 0 Å². The highest BCUT2D eigenvalue weighted by Crippen LogP contribution is 2.57. The van der Waals surface area contributed by atoms with Crippen LogP contribution in [0.2, 0.25) is 0 Å². The number of aryl methyl sites for hydroxylation is 1. The summed E-state index contributed by atoms with van der Waals surface area (Å²) in [6.45, 7) is 23.5. The Kier molecular flexibility index (Phi) is 6.23. The van der Waals surface area contributed by atoms with Gasteiger partial charge in [0.05, 0.1) is 15.7 Å². The fraction of sp³-hybridized carbons (Fsp3) is 0.615. The normalized spacial score (nSPS) is 23.7. The van der Waals surface area contributed by atoms with Crippen LogP contribution in [0, 0.1) is 17.8 Å². The third-order valence-electron chi connectivity index (χ3n) is 5.87. The van der Waals surface area contributed by atoms with Crippen LogP contribution in [0.1, 0.15) is 80.4 Å². The fourth-order valence-electron chi connectivity index (χ4n) is 4.08. The summed E-state index contributed by atoms with van der Waals surface area (Å²) in [5, 5.41) is 22.9. The number of rotatable bonds is 2. The van der Waals surface area contributed by atoms with Gasteiger partial charge in [0.1, 0.15) is 5.75 Å². The quantitative estimate of drug-likeness (QED) is 0.537. The molecular formula is C26H40O2S. The topological polar surface area (TPSA) is 40.5 Å². The van der Waals surface area contributed by atoms with Crippen LogP contribution in [0.4, 0.5) is 0 Å². The highest BCUT2D eigenvalue weighted by Gasteiger charge is 2.51. The molecule has 2 rings (SSSR count). The van der Waals surface area contributed by atoms with E-state index in [9.17, 15) is 10.2 Å². The number of allylic oxidation sites excluding steroid dienone is 2. The van der Waals surface area contributed by atoms with Crippen molar-refractivity contribution < 1.29 is 10.2 Å². The molecule has 1 aliphatic rings. The second-order valence-electron chi connectivity index (χ2n) is 11.7. The number of aliphatic hydroxyl groups excluding tert-OH is 1. The molecule has 0 saturated heterocycles. The third-order valence-corrected chi connectivity index (χ3v) is 7.69. The van der Waals surface area contributed by atoms with E-state index in [4.69, 9.17) is 0 Å². The molecule has 0 fully saturated rings. The Morgan fingerprint density at radius 3 is 1.90 bits per heavy atom. The van der Waals surface area contributed by atoms with Crippen molar-refractivity contribution in [1.82, 2.24) is 0 Å². The van der Waals surface area contributed by atoms with Crippen molar-refractivity contribution in [3.63, 3.8) is 0 Å². The van der Waals surface area contributed by atoms with Crippen molar-refractivity contribution in [2.45, 2.75) is 97.3 Å². The fourth-order valence-corrected chi connectivity index (χ4v) is 5.69. The zero-order valence-electron chi connectivity index (χ0n) is 20.2. The van der Waals surface area contributed by atoms with E-state index in [2.05, 4.69) is 94.4 Å². The van der Waals surface area contributed by atoms with Gasteiger partial charge in [-0.25, -0.2) is 0 Å². The summed E-state index contributed by atoms with van der Waals surface area (Å²) in [6, 6.07) is 4.12. The van der Waals surface area contributed by atoms with E-state index in [0.29, 0.717) is 5.75 Å². The number of phenolic OH excluding ortho intramolecular Hbond substituents is 1. The number of aromatic hydroxyl groups is 1. The van der Waals surface area contributed by atoms with E-state index in [1.165, 1.54) is 0 Å². The van der Waals surface area contributed by atoms with Crippen molar-refractivity contribution in [2.75, 3.05) is 0 Å². The maximum atomic E-state index is 11.7. The van der Waals surface area contributed by atoms with Crippen molar-refractivity contribution in [3.8, 4) is 5.75 Å². The Morgan fingerprint density at radius 2 is 1.45 bits per heavy atom. The molecule has 0 amide bonds. The molecule has 0 aliphatic heterocycles. The van der Waals surface area contributed by atoms with E-state index in [-0.39, 0.29) is 16.2 Å². The van der Waals surface area contributed by atoms with E-state index in [1.54, 1.807) is 11.8 Å². The molecule has 2 nitrogen and oxygen atoms in total. The summed E-state index contributed by atoms with van der Waals surface area (Å²) in [4.78, 5) is 0.836. The van der Waals surface area contributed by atoms with E-state index >= 15 is 0 Å². The average Bonchev–Trinajstić information content (AvgIpc) is 2.50. The predicted octanol–water partition coefficient (Wildman–Crippen LogP) is 7.17. The zero-order chi connectivity index (χ0) is 22.6. The highest BCUT2D eigenvalue weighted by molar-refractivity contribution is 8.01. The van der Waals surface area contributed by atoms with Crippen LogP contribution in [0.5, 0.6) is 5.75 Å². The zero-order valence-corrected chi connectivity index (χ0v) is 21.0. The van der Waals surface area contributed by atoms with Gasteiger partial charge in [-0.1, -0.05) is 86.1 Å². The van der Waals surface area contributed by atoms with E-state index in [1.807, 2.05) is 6.07 Å². The van der Waals surface area contributed by atoms with Crippen LogP contribution in [0.25, 0.3) is 0 Å². The molecule has 0 aromatic heterocycles. The molecule has 1 aliphatic carbocycles. The second kappa shape index (κ2) is 7.50. The van der Waals surface area contributed by atoms with Gasteiger partial charge in [0.2, 0.25) is 0 Å². The molecule has 0 bridgehead atoms. The Labute approximate surface area is 182 Å². The summed E-state index contributed by atoms with van der Waals surface area (Å²) in [5.74, 6) is 0.335. The smallest absolute Gasteiger partial charge is 0.132 e. The second-order valence-corrected chi connectivity index (χ2v) is 13.0. The lowest BCUT2D eigenvalue weighted by Crippen LogP contribution is -2.52. The van der Waals surface area contributed by atoms with Gasteiger partial charge < -0.3 is 10.2 Å². The Hall–Kier alpha value is -1.19. The molecule has 1 aromatic rings. The molecule has 29 heavy (non-hydrogen) atoms. The van der Waals surface area contributed by atoms with Gasteiger partial charge in [-0.05, 0) is 47.3 Å². The largest absolute Gasteiger partial charge is 0.506 e. The molecule has 2 atom stereocenters. The third kappa shape index (κ3) is 4.61. The monoisotopic (exact) mass is 416 g/mol. The molecule has 2 unspecified atom stereocenters. The van der Waals surface area contributed by atoms with Gasteiger partial charge in [0, 0.05) is 5.56 Å². The molecule has 3 heteroatoms. The highest BCUT2D eigenvalue weighted by atomic mass is 32.2. The van der Waals surface area contributed by atoms with Gasteiger partial charge in [-0.3, -0.25) is 0 Å². The van der Waals surface area contributed by atoms with Crippen LogP contribution in [-0.2, 0) is 5.41 Å². The summed E-state index contributed by atoms with van der Waals surface area (Å²) in [6.07, 6.45) is 3.69. The summed E-state index contributed by atoms with van der Waals surface area (Å²) in [5.41, 5.74) is 3.74. The van der Waals surface area contributed by atoms with Gasteiger partial charge >= 0.3 is 0 Å². The minimum Gasteiger partial charge on any atom is -0.506 e. The van der Waals surface area contributed by atoms with E-state index in [0.717, 1.165) is 27.2 Å². The summed E-state index contributed by atoms with van der Waals surface area (Å²) < 4.78 is -0.588. The average molecular weight is 417 g/mol. The molecule has 0 spiro atoms. The van der Waals surface area contributed by atoms with Gasteiger partial charge in [0.15, 0.2) is 0 Å². The van der Waals surface area contributed by atoms with Gasteiger partial charge in [0.25, 0.3) is 0 Å². The summed E-state index contributed by atoms with van der Waals surface area (Å²) >= 11 is 1.60. The first-order chi connectivity index (χ1) is 12.9. The van der Waals surface area contributed by atoms with Crippen molar-refractivity contribution in [1.29, 1.82) is 0 Å². The summed E-state index contributed by atoms with van der Waals surface area (Å²) in [7, 11) is 0. The van der Waals surface area contributed by atoms with Crippen LogP contribution in [0.15, 0.2) is 40.3 Å². The number of phenols is 1. The Bertz CT molecular complexity index is 841. The number of thioether (sulfide) groups is 1. The molecule has 0 radical (unpaired) electrons. The SMILES string of the molecule is CC1=CC(Sc2cc(C)cc(C(C)(C)C)c2O)(C(C)(C)C)C(O)C(C(C)(C)C)=C1. The molecule has 2 N–H and O–H groups in total. The van der Waals surface area contributed by atoms with Gasteiger partial charge in [-0.15, -0.1) is 11.8 Å². The number of hydrogen-bond acceptors (Lipinski definition) is 3. The number of benzene rings is 1. The van der Waals surface area contributed by atoms with Crippen LogP contribution >= 0.6 is 11.8 Å². The van der Waals surface area contributed by atoms with Crippen molar-refractivity contribution in [2.24, 2.45) is 10.8 Å². The van der Waals surface area contributed by atoms with Crippen LogP contribution < -0.4 is 0 Å². The minimum absolute atomic E-state index is 0.142. The predicted molar refractivity (Wildman–Crippen MR) is 127 cm³/mol. The first-order valence-electron chi connectivity index (χ1n) is 10.5. The lowest BCUT2D eigenvalue weighted by atomic mass is 9.66. The maximum Gasteiger partial charge on any atom is 0.132 e. The standard InChI is InChI=1S/C26H40O2S/c1-16-12-18(23(3,4)5)21(27)20(14-16)29-26(25(9,10)11)15-17(2)13-19(22(26)28)24(6,7)8/h12-15,22,27-28H,1-11H3. The first-order valence-corrected chi connectivity index (χ1v) is 11.3. The van der Waals surface area contributed by atoms with Crippen LogP contribution in [-0.4, -0.2) is 21.1 Å². The number of hydrogen-bond donors (Lipinski definition) is 2. The maximum absolute atomic E-state index is 11.7. The number of aliphatic hydroxyl groups is 1. The molecule has 1 aromatic carbocycles.